The summed E-state index contributed by atoms with van der Waals surface area (Å²) in [6, 6.07) is 4.12. The van der Waals surface area contributed by atoms with E-state index in [1.54, 1.807) is 21.3 Å². The monoisotopic (exact) mass is 279 g/mol. The van der Waals surface area contributed by atoms with Crippen molar-refractivity contribution in [3.63, 3.8) is 0 Å². The minimum absolute atomic E-state index is 0.570. The number of nitrogens with one attached hydrogen (secondary N) is 1. The van der Waals surface area contributed by atoms with Gasteiger partial charge in [0.05, 0.1) is 20.8 Å². The maximum Gasteiger partial charge on any atom is 0.126 e. The summed E-state index contributed by atoms with van der Waals surface area (Å²) in [6.07, 6.45) is 3.44. The van der Waals surface area contributed by atoms with Gasteiger partial charge in [0.15, 0.2) is 0 Å². The van der Waals surface area contributed by atoms with Gasteiger partial charge in [-0.2, -0.15) is 0 Å². The summed E-state index contributed by atoms with van der Waals surface area (Å²) in [5.41, 5.74) is 2.26. The van der Waals surface area contributed by atoms with Crippen LogP contribution in [0.5, 0.6) is 11.5 Å². The summed E-state index contributed by atoms with van der Waals surface area (Å²) < 4.78 is 16.3. The molecule has 0 spiro atoms. The van der Waals surface area contributed by atoms with E-state index < -0.39 is 0 Å². The van der Waals surface area contributed by atoms with Crippen molar-refractivity contribution in [2.75, 3.05) is 34.4 Å². The fourth-order valence-electron chi connectivity index (χ4n) is 2.86. The van der Waals surface area contributed by atoms with Crippen LogP contribution in [0, 0.1) is 5.92 Å². The Morgan fingerprint density at radius 3 is 2.15 bits per heavy atom. The maximum atomic E-state index is 5.57. The first kappa shape index (κ1) is 15.1. The zero-order chi connectivity index (χ0) is 14.4. The molecule has 1 aromatic carbocycles. The first-order valence-electron chi connectivity index (χ1n) is 7.22. The minimum atomic E-state index is 0.570. The molecule has 0 atom stereocenters. The molecule has 0 aliphatic carbocycles. The molecule has 0 bridgehead atoms. The van der Waals surface area contributed by atoms with Crippen molar-refractivity contribution in [3.05, 3.63) is 23.3 Å². The highest BCUT2D eigenvalue weighted by atomic mass is 16.5. The van der Waals surface area contributed by atoms with Crippen LogP contribution in [0.15, 0.2) is 12.1 Å². The van der Waals surface area contributed by atoms with E-state index in [0.717, 1.165) is 36.6 Å². The first-order chi connectivity index (χ1) is 9.78. The van der Waals surface area contributed by atoms with Crippen molar-refractivity contribution in [2.24, 2.45) is 5.92 Å². The van der Waals surface area contributed by atoms with Gasteiger partial charge in [-0.1, -0.05) is 0 Å². The smallest absolute Gasteiger partial charge is 0.126 e. The average Bonchev–Trinajstić information content (AvgIpc) is 2.49. The molecule has 2 rings (SSSR count). The van der Waals surface area contributed by atoms with Gasteiger partial charge in [0, 0.05) is 12.7 Å². The summed E-state index contributed by atoms with van der Waals surface area (Å²) in [7, 11) is 5.14. The van der Waals surface area contributed by atoms with Gasteiger partial charge in [0.2, 0.25) is 0 Å². The Morgan fingerprint density at radius 2 is 1.65 bits per heavy atom. The average molecular weight is 279 g/mol. The minimum Gasteiger partial charge on any atom is -0.496 e. The van der Waals surface area contributed by atoms with E-state index in [9.17, 15) is 0 Å². The molecule has 1 fully saturated rings. The lowest BCUT2D eigenvalue weighted by molar-refractivity contribution is 0.184. The molecule has 1 aromatic rings. The number of benzene rings is 1. The van der Waals surface area contributed by atoms with Gasteiger partial charge in [-0.3, -0.25) is 0 Å². The van der Waals surface area contributed by atoms with Gasteiger partial charge in [-0.25, -0.2) is 0 Å². The fraction of sp³-hybridized carbons (Fsp3) is 0.625. The fourth-order valence-corrected chi connectivity index (χ4v) is 2.86. The lowest BCUT2D eigenvalue weighted by Crippen LogP contribution is -2.28. The van der Waals surface area contributed by atoms with Gasteiger partial charge in [0.25, 0.3) is 0 Å². The molecule has 112 valence electrons. The van der Waals surface area contributed by atoms with Gasteiger partial charge in [-0.15, -0.1) is 0 Å². The van der Waals surface area contributed by atoms with Crippen molar-refractivity contribution in [1.29, 1.82) is 0 Å². The Hall–Kier alpha value is -1.26. The molecule has 0 unspecified atom stereocenters. The second-order valence-electron chi connectivity index (χ2n) is 5.31. The summed E-state index contributed by atoms with van der Waals surface area (Å²) in [4.78, 5) is 0. The summed E-state index contributed by atoms with van der Waals surface area (Å²) >= 11 is 0. The van der Waals surface area contributed by atoms with Crippen molar-refractivity contribution in [2.45, 2.75) is 25.9 Å². The zero-order valence-corrected chi connectivity index (χ0v) is 12.7. The molecule has 0 aromatic heterocycles. The van der Waals surface area contributed by atoms with Crippen LogP contribution in [-0.4, -0.2) is 34.4 Å². The van der Waals surface area contributed by atoms with Crippen LogP contribution < -0.4 is 14.8 Å². The largest absolute Gasteiger partial charge is 0.496 e. The molecule has 1 N–H and O–H groups in total. The van der Waals surface area contributed by atoms with E-state index in [1.165, 1.54) is 18.4 Å². The van der Waals surface area contributed by atoms with Crippen molar-refractivity contribution < 1.29 is 14.2 Å². The van der Waals surface area contributed by atoms with Crippen LogP contribution >= 0.6 is 0 Å². The quantitative estimate of drug-likeness (QED) is 0.868. The topological polar surface area (TPSA) is 39.7 Å². The summed E-state index contributed by atoms with van der Waals surface area (Å²) in [6.45, 7) is 2.79. The first-order valence-corrected chi connectivity index (χ1v) is 7.22. The molecule has 0 radical (unpaired) electrons. The number of hydrogen-bond donors (Lipinski definition) is 1. The normalized spacial score (nSPS) is 16.1. The molecular formula is C16H25NO3. The van der Waals surface area contributed by atoms with Crippen LogP contribution in [0.1, 0.15) is 24.0 Å². The highest BCUT2D eigenvalue weighted by molar-refractivity contribution is 5.48. The van der Waals surface area contributed by atoms with Crippen LogP contribution in [0.2, 0.25) is 0 Å². The number of methoxy groups -OCH3 is 3. The molecule has 1 aliphatic rings. The molecule has 4 heteroatoms. The number of rotatable bonds is 6. The highest BCUT2D eigenvalue weighted by Crippen LogP contribution is 2.34. The molecule has 20 heavy (non-hydrogen) atoms. The van der Waals surface area contributed by atoms with Gasteiger partial charge in [0.1, 0.15) is 11.5 Å². The van der Waals surface area contributed by atoms with E-state index >= 15 is 0 Å². The van der Waals surface area contributed by atoms with Crippen molar-refractivity contribution in [3.8, 4) is 11.5 Å². The van der Waals surface area contributed by atoms with Crippen LogP contribution in [0.4, 0.5) is 0 Å². The number of ether oxygens (including phenoxy) is 3. The van der Waals surface area contributed by atoms with E-state index in [0.29, 0.717) is 12.5 Å². The van der Waals surface area contributed by atoms with Gasteiger partial charge >= 0.3 is 0 Å². The van der Waals surface area contributed by atoms with Gasteiger partial charge in [-0.05, 0) is 56.0 Å². The third-order valence-electron chi connectivity index (χ3n) is 3.93. The SMILES string of the molecule is COCc1cc(OC)c(CC2CCNCC2)c(OC)c1. The molecule has 4 nitrogen and oxygen atoms in total. The molecule has 1 heterocycles. The third-order valence-corrected chi connectivity index (χ3v) is 3.93. The Balaban J connectivity index is 2.24. The number of hydrogen-bond acceptors (Lipinski definition) is 4. The number of piperidine rings is 1. The standard InChI is InChI=1S/C16H25NO3/c1-18-11-13-9-15(19-2)14(16(10-13)20-3)8-12-4-6-17-7-5-12/h9-10,12,17H,4-8,11H2,1-3H3. The van der Waals surface area contributed by atoms with Crippen molar-refractivity contribution >= 4 is 0 Å². The lowest BCUT2D eigenvalue weighted by Gasteiger charge is -2.24. The summed E-state index contributed by atoms with van der Waals surface area (Å²) in [5.74, 6) is 2.53. The second-order valence-corrected chi connectivity index (χ2v) is 5.31. The van der Waals surface area contributed by atoms with E-state index in [1.807, 2.05) is 0 Å². The molecule has 1 aliphatic heterocycles. The van der Waals surface area contributed by atoms with Crippen LogP contribution in [0.3, 0.4) is 0 Å². The molecule has 0 saturated carbocycles. The van der Waals surface area contributed by atoms with Crippen LogP contribution in [0.25, 0.3) is 0 Å². The molecular weight excluding hydrogens is 254 g/mol. The van der Waals surface area contributed by atoms with Crippen molar-refractivity contribution in [1.82, 2.24) is 5.32 Å². The predicted octanol–water partition coefficient (Wildman–Crippen LogP) is 2.39. The highest BCUT2D eigenvalue weighted by Gasteiger charge is 2.19. The second kappa shape index (κ2) is 7.50. The molecule has 1 saturated heterocycles. The lowest BCUT2D eigenvalue weighted by atomic mass is 9.89. The summed E-state index contributed by atoms with van der Waals surface area (Å²) in [5, 5.41) is 3.40. The zero-order valence-electron chi connectivity index (χ0n) is 12.7. The Labute approximate surface area is 121 Å². The van der Waals surface area contributed by atoms with E-state index in [2.05, 4.69) is 17.4 Å². The Bertz CT molecular complexity index is 403. The van der Waals surface area contributed by atoms with Gasteiger partial charge < -0.3 is 19.5 Å². The Morgan fingerprint density at radius 1 is 1.05 bits per heavy atom. The Kier molecular flexibility index (Phi) is 5.68. The van der Waals surface area contributed by atoms with Crippen LogP contribution in [-0.2, 0) is 17.8 Å². The molecule has 0 amide bonds. The maximum absolute atomic E-state index is 5.57. The van der Waals surface area contributed by atoms with E-state index in [-0.39, 0.29) is 0 Å². The predicted molar refractivity (Wildman–Crippen MR) is 79.6 cm³/mol. The third kappa shape index (κ3) is 3.64. The van der Waals surface area contributed by atoms with E-state index in [4.69, 9.17) is 14.2 Å².